The maximum absolute atomic E-state index is 13.0. The number of aryl methyl sites for hydroxylation is 1. The van der Waals surface area contributed by atoms with Gasteiger partial charge in [-0.15, -0.1) is 0 Å². The first kappa shape index (κ1) is 18.1. The van der Waals surface area contributed by atoms with Crippen LogP contribution in [0.5, 0.6) is 0 Å². The van der Waals surface area contributed by atoms with Gasteiger partial charge < -0.3 is 15.5 Å². The van der Waals surface area contributed by atoms with Crippen LogP contribution in [0, 0.1) is 6.92 Å². The number of amides is 2. The van der Waals surface area contributed by atoms with E-state index in [9.17, 15) is 9.59 Å². The summed E-state index contributed by atoms with van der Waals surface area (Å²) in [6, 6.07) is 15.9. The fourth-order valence-corrected chi connectivity index (χ4v) is 3.37. The molecule has 0 bridgehead atoms. The molecule has 0 aliphatic carbocycles. The maximum Gasteiger partial charge on any atom is 0.249 e. The van der Waals surface area contributed by atoms with Gasteiger partial charge >= 0.3 is 0 Å². The summed E-state index contributed by atoms with van der Waals surface area (Å²) in [5.74, 6) is -0.281. The van der Waals surface area contributed by atoms with Gasteiger partial charge in [0, 0.05) is 19.3 Å². The van der Waals surface area contributed by atoms with E-state index in [1.165, 1.54) is 4.90 Å². The number of hydrogen-bond donors (Lipinski definition) is 1. The Labute approximate surface area is 154 Å². The monoisotopic (exact) mass is 351 g/mol. The Morgan fingerprint density at radius 2 is 1.81 bits per heavy atom. The number of carbonyl (C=O) groups excluding carboxylic acids is 2. The molecule has 1 heterocycles. The fraction of sp³-hybridized carbons (Fsp3) is 0.333. The van der Waals surface area contributed by atoms with Crippen LogP contribution in [0.2, 0.25) is 0 Å². The van der Waals surface area contributed by atoms with E-state index in [1.807, 2.05) is 61.5 Å². The van der Waals surface area contributed by atoms with Crippen LogP contribution in [-0.2, 0) is 9.59 Å². The molecule has 0 spiro atoms. The van der Waals surface area contributed by atoms with E-state index in [0.29, 0.717) is 13.0 Å². The third-order valence-corrected chi connectivity index (χ3v) is 5.00. The van der Waals surface area contributed by atoms with E-state index in [2.05, 4.69) is 0 Å². The van der Waals surface area contributed by atoms with Gasteiger partial charge in [0.1, 0.15) is 12.1 Å². The smallest absolute Gasteiger partial charge is 0.249 e. The molecule has 2 amide bonds. The van der Waals surface area contributed by atoms with E-state index >= 15 is 0 Å². The van der Waals surface area contributed by atoms with Gasteiger partial charge in [-0.25, -0.2) is 0 Å². The first-order chi connectivity index (χ1) is 12.5. The summed E-state index contributed by atoms with van der Waals surface area (Å²) in [5, 5.41) is 0. The predicted molar refractivity (Wildman–Crippen MR) is 103 cm³/mol. The standard InChI is InChI=1S/C21H25N3O2/c1-15-10-12-16(13-11-15)19(22)21(26)23(2)18-9-6-14-24(20(18)25)17-7-4-3-5-8-17/h3-5,7-8,10-13,18-19H,6,9,14,22H2,1-2H3. The van der Waals surface area contributed by atoms with E-state index < -0.39 is 12.1 Å². The Bertz CT molecular complexity index is 774. The van der Waals surface area contributed by atoms with Crippen molar-refractivity contribution in [2.75, 3.05) is 18.5 Å². The molecule has 2 aromatic rings. The molecule has 2 aromatic carbocycles. The van der Waals surface area contributed by atoms with Crippen LogP contribution >= 0.6 is 0 Å². The number of rotatable bonds is 4. The topological polar surface area (TPSA) is 66.6 Å². The molecular weight excluding hydrogens is 326 g/mol. The molecule has 2 N–H and O–H groups in total. The van der Waals surface area contributed by atoms with Gasteiger partial charge in [0.25, 0.3) is 0 Å². The summed E-state index contributed by atoms with van der Waals surface area (Å²) in [7, 11) is 1.67. The van der Waals surface area contributed by atoms with Crippen molar-refractivity contribution in [1.29, 1.82) is 0 Å². The Morgan fingerprint density at radius 3 is 2.46 bits per heavy atom. The number of carbonyl (C=O) groups is 2. The Hall–Kier alpha value is -2.66. The SMILES string of the molecule is Cc1ccc(C(N)C(=O)N(C)C2CCCN(c3ccccc3)C2=O)cc1. The van der Waals surface area contributed by atoms with Crippen molar-refractivity contribution in [2.24, 2.45) is 5.73 Å². The molecule has 3 rings (SSSR count). The lowest BCUT2D eigenvalue weighted by atomic mass is 10.00. The van der Waals surface area contributed by atoms with Crippen molar-refractivity contribution in [3.05, 3.63) is 65.7 Å². The second kappa shape index (κ2) is 7.70. The van der Waals surface area contributed by atoms with Gasteiger partial charge in [0.05, 0.1) is 0 Å². The highest BCUT2D eigenvalue weighted by Crippen LogP contribution is 2.24. The van der Waals surface area contributed by atoms with E-state index in [-0.39, 0.29) is 11.8 Å². The average molecular weight is 351 g/mol. The summed E-state index contributed by atoms with van der Waals surface area (Å²) >= 11 is 0. The second-order valence-electron chi connectivity index (χ2n) is 6.82. The lowest BCUT2D eigenvalue weighted by Gasteiger charge is -2.37. The molecule has 2 atom stereocenters. The van der Waals surface area contributed by atoms with Crippen LogP contribution in [0.3, 0.4) is 0 Å². The van der Waals surface area contributed by atoms with E-state index in [4.69, 9.17) is 5.73 Å². The minimum absolute atomic E-state index is 0.0468. The molecule has 1 aliphatic rings. The van der Waals surface area contributed by atoms with Gasteiger partial charge in [-0.05, 0) is 37.5 Å². The van der Waals surface area contributed by atoms with Crippen molar-refractivity contribution in [3.63, 3.8) is 0 Å². The number of hydrogen-bond acceptors (Lipinski definition) is 3. The van der Waals surface area contributed by atoms with Crippen LogP contribution < -0.4 is 10.6 Å². The predicted octanol–water partition coefficient (Wildman–Crippen LogP) is 2.65. The highest BCUT2D eigenvalue weighted by Gasteiger charge is 2.36. The molecule has 26 heavy (non-hydrogen) atoms. The lowest BCUT2D eigenvalue weighted by molar-refractivity contribution is -0.140. The Morgan fingerprint density at radius 1 is 1.15 bits per heavy atom. The molecule has 5 nitrogen and oxygen atoms in total. The van der Waals surface area contributed by atoms with E-state index in [1.54, 1.807) is 11.9 Å². The summed E-state index contributed by atoms with van der Waals surface area (Å²) in [4.78, 5) is 29.1. The number of para-hydroxylation sites is 1. The van der Waals surface area contributed by atoms with Gasteiger partial charge in [-0.1, -0.05) is 48.0 Å². The van der Waals surface area contributed by atoms with E-state index in [0.717, 1.165) is 23.2 Å². The highest BCUT2D eigenvalue weighted by atomic mass is 16.2. The molecule has 0 radical (unpaired) electrons. The van der Waals surface area contributed by atoms with Crippen LogP contribution in [0.25, 0.3) is 0 Å². The van der Waals surface area contributed by atoms with Crippen molar-refractivity contribution in [3.8, 4) is 0 Å². The Kier molecular flexibility index (Phi) is 5.38. The molecule has 5 heteroatoms. The number of nitrogens with zero attached hydrogens (tertiary/aromatic N) is 2. The Balaban J connectivity index is 1.75. The largest absolute Gasteiger partial charge is 0.332 e. The minimum Gasteiger partial charge on any atom is -0.332 e. The molecule has 1 saturated heterocycles. The van der Waals surface area contributed by atoms with Gasteiger partial charge in [-0.2, -0.15) is 0 Å². The third kappa shape index (κ3) is 3.63. The second-order valence-corrected chi connectivity index (χ2v) is 6.82. The van der Waals surface area contributed by atoms with Crippen molar-refractivity contribution < 1.29 is 9.59 Å². The first-order valence-corrected chi connectivity index (χ1v) is 8.94. The molecular formula is C21H25N3O2. The van der Waals surface area contributed by atoms with Crippen LogP contribution in [-0.4, -0.2) is 36.3 Å². The average Bonchev–Trinajstić information content (AvgIpc) is 2.68. The number of nitrogens with two attached hydrogens (primary N) is 1. The summed E-state index contributed by atoms with van der Waals surface area (Å²) in [6.07, 6.45) is 1.51. The summed E-state index contributed by atoms with van der Waals surface area (Å²) in [6.45, 7) is 2.66. The zero-order valence-corrected chi connectivity index (χ0v) is 15.3. The van der Waals surface area contributed by atoms with Gasteiger partial charge in [0.2, 0.25) is 11.8 Å². The highest BCUT2D eigenvalue weighted by molar-refractivity contribution is 6.00. The quantitative estimate of drug-likeness (QED) is 0.921. The molecule has 2 unspecified atom stereocenters. The zero-order chi connectivity index (χ0) is 18.7. The van der Waals surface area contributed by atoms with Crippen molar-refractivity contribution in [1.82, 2.24) is 4.90 Å². The van der Waals surface area contributed by atoms with Gasteiger partial charge in [0.15, 0.2) is 0 Å². The van der Waals surface area contributed by atoms with Crippen LogP contribution in [0.1, 0.15) is 30.0 Å². The van der Waals surface area contributed by atoms with Crippen LogP contribution in [0.4, 0.5) is 5.69 Å². The normalized spacial score (nSPS) is 18.5. The number of benzene rings is 2. The third-order valence-electron chi connectivity index (χ3n) is 5.00. The molecule has 136 valence electrons. The minimum atomic E-state index is -0.763. The molecule has 0 saturated carbocycles. The van der Waals surface area contributed by atoms with Crippen LogP contribution in [0.15, 0.2) is 54.6 Å². The lowest BCUT2D eigenvalue weighted by Crippen LogP contribution is -2.54. The number of likely N-dealkylation sites (N-methyl/N-ethyl adjacent to an activating group) is 1. The zero-order valence-electron chi connectivity index (χ0n) is 15.3. The van der Waals surface area contributed by atoms with Gasteiger partial charge in [-0.3, -0.25) is 9.59 Å². The molecule has 0 aromatic heterocycles. The summed E-state index contributed by atoms with van der Waals surface area (Å²) in [5.41, 5.74) is 8.91. The fourth-order valence-electron chi connectivity index (χ4n) is 3.37. The number of piperidine rings is 1. The molecule has 1 fully saturated rings. The summed E-state index contributed by atoms with van der Waals surface area (Å²) < 4.78 is 0. The maximum atomic E-state index is 13.0. The first-order valence-electron chi connectivity index (χ1n) is 8.94. The number of anilines is 1. The van der Waals surface area contributed by atoms with Crippen molar-refractivity contribution >= 4 is 17.5 Å². The van der Waals surface area contributed by atoms with Crippen molar-refractivity contribution in [2.45, 2.75) is 31.8 Å². The molecule has 1 aliphatic heterocycles.